The normalized spacial score (nSPS) is 23.2. The number of rotatable bonds is 6. The summed E-state index contributed by atoms with van der Waals surface area (Å²) in [6, 6.07) is 8.20. The summed E-state index contributed by atoms with van der Waals surface area (Å²) in [5, 5.41) is 19.0. The Bertz CT molecular complexity index is 740. The summed E-state index contributed by atoms with van der Waals surface area (Å²) in [5.74, 6) is -0.511. The van der Waals surface area contributed by atoms with Crippen molar-refractivity contribution in [3.05, 3.63) is 35.4 Å². The predicted molar refractivity (Wildman–Crippen MR) is 107 cm³/mol. The molecule has 2 heterocycles. The smallest absolute Gasteiger partial charge is 0.305 e. The highest BCUT2D eigenvalue weighted by Gasteiger charge is 2.32. The molecule has 1 aromatic rings. The fourth-order valence-corrected chi connectivity index (χ4v) is 4.00. The van der Waals surface area contributed by atoms with E-state index in [2.05, 4.69) is 39.5 Å². The third-order valence-electron chi connectivity index (χ3n) is 4.75. The molecule has 144 valence electrons. The van der Waals surface area contributed by atoms with E-state index in [1.54, 1.807) is 6.21 Å². The van der Waals surface area contributed by atoms with Gasteiger partial charge < -0.3 is 10.4 Å². The van der Waals surface area contributed by atoms with Crippen molar-refractivity contribution in [3.63, 3.8) is 0 Å². The van der Waals surface area contributed by atoms with Crippen molar-refractivity contribution in [3.8, 4) is 0 Å². The Morgan fingerprint density at radius 1 is 1.33 bits per heavy atom. The second-order valence-corrected chi connectivity index (χ2v) is 8.24. The van der Waals surface area contributed by atoms with E-state index < -0.39 is 11.2 Å². The van der Waals surface area contributed by atoms with E-state index >= 15 is 0 Å². The lowest BCUT2D eigenvalue weighted by Crippen LogP contribution is -2.32. The van der Waals surface area contributed by atoms with Crippen LogP contribution in [0.25, 0.3) is 0 Å². The summed E-state index contributed by atoms with van der Waals surface area (Å²) < 4.78 is 0. The maximum atomic E-state index is 11.6. The van der Waals surface area contributed by atoms with Gasteiger partial charge in [0.2, 0.25) is 5.91 Å². The van der Waals surface area contributed by atoms with Crippen molar-refractivity contribution in [2.75, 3.05) is 13.1 Å². The Morgan fingerprint density at radius 3 is 2.70 bits per heavy atom. The molecule has 2 N–H and O–H groups in total. The number of amidine groups is 1. The molecular weight excluding hydrogens is 364 g/mol. The maximum absolute atomic E-state index is 11.6. The van der Waals surface area contributed by atoms with E-state index in [-0.39, 0.29) is 12.3 Å². The molecule has 0 radical (unpaired) electrons. The summed E-state index contributed by atoms with van der Waals surface area (Å²) >= 11 is 1.09. The van der Waals surface area contributed by atoms with Crippen molar-refractivity contribution in [1.29, 1.82) is 0 Å². The number of thioether (sulfide) groups is 1. The van der Waals surface area contributed by atoms with Crippen LogP contribution in [0.2, 0.25) is 0 Å². The van der Waals surface area contributed by atoms with Crippen molar-refractivity contribution in [2.45, 2.75) is 38.0 Å². The number of piperidine rings is 1. The molecular formula is C19H24N4O3S. The molecule has 0 aromatic heterocycles. The molecule has 2 saturated heterocycles. The quantitative estimate of drug-likeness (QED) is 0.576. The highest BCUT2D eigenvalue weighted by atomic mass is 32.2. The van der Waals surface area contributed by atoms with Crippen molar-refractivity contribution >= 4 is 35.0 Å². The van der Waals surface area contributed by atoms with Crippen LogP contribution in [0.3, 0.4) is 0 Å². The molecule has 0 saturated carbocycles. The Hall–Kier alpha value is -2.19. The lowest BCUT2D eigenvalue weighted by atomic mass is 9.99. The first-order chi connectivity index (χ1) is 13.0. The van der Waals surface area contributed by atoms with Crippen LogP contribution in [0, 0.1) is 5.92 Å². The van der Waals surface area contributed by atoms with Crippen LogP contribution >= 0.6 is 11.8 Å². The molecule has 0 bridgehead atoms. The van der Waals surface area contributed by atoms with Crippen molar-refractivity contribution < 1.29 is 14.7 Å². The molecule has 1 atom stereocenters. The van der Waals surface area contributed by atoms with Crippen LogP contribution in [0.5, 0.6) is 0 Å². The third-order valence-corrected chi connectivity index (χ3v) is 5.83. The van der Waals surface area contributed by atoms with Crippen LogP contribution in [0.1, 0.15) is 37.3 Å². The molecule has 2 fully saturated rings. The van der Waals surface area contributed by atoms with Crippen LogP contribution in [0.4, 0.5) is 0 Å². The van der Waals surface area contributed by atoms with Gasteiger partial charge in [0.1, 0.15) is 5.25 Å². The number of likely N-dealkylation sites (tertiary alicyclic amines) is 1. The average Bonchev–Trinajstić information content (AvgIpc) is 2.97. The third kappa shape index (κ3) is 5.90. The number of carbonyl (C=O) groups excluding carboxylic acids is 1. The first-order valence-electron chi connectivity index (χ1n) is 9.11. The number of hydrogen-bond donors (Lipinski definition) is 2. The molecule has 1 aromatic carbocycles. The number of carboxylic acids is 1. The topological polar surface area (TPSA) is 94.4 Å². The van der Waals surface area contributed by atoms with Gasteiger partial charge in [-0.15, -0.1) is 5.10 Å². The fourth-order valence-electron chi connectivity index (χ4n) is 3.08. The van der Waals surface area contributed by atoms with E-state index in [9.17, 15) is 9.59 Å². The molecule has 2 aliphatic rings. The van der Waals surface area contributed by atoms with Gasteiger partial charge in [-0.3, -0.25) is 14.5 Å². The largest absolute Gasteiger partial charge is 0.481 e. The number of aliphatic carboxylic acids is 1. The average molecular weight is 388 g/mol. The zero-order valence-corrected chi connectivity index (χ0v) is 16.1. The molecule has 1 amide bonds. The van der Waals surface area contributed by atoms with Gasteiger partial charge in [0.15, 0.2) is 5.17 Å². The zero-order chi connectivity index (χ0) is 19.2. The second kappa shape index (κ2) is 9.14. The molecule has 7 nitrogen and oxygen atoms in total. The summed E-state index contributed by atoms with van der Waals surface area (Å²) in [7, 11) is 0. The summed E-state index contributed by atoms with van der Waals surface area (Å²) in [4.78, 5) is 24.8. The number of nitrogens with one attached hydrogen (secondary N) is 1. The fraction of sp³-hybridized carbons (Fsp3) is 0.474. The molecule has 2 aliphatic heterocycles. The number of carbonyl (C=O) groups is 2. The van der Waals surface area contributed by atoms with Crippen LogP contribution in [-0.4, -0.2) is 51.6 Å². The monoisotopic (exact) mass is 388 g/mol. The Kier molecular flexibility index (Phi) is 6.63. The van der Waals surface area contributed by atoms with Gasteiger partial charge in [0.25, 0.3) is 0 Å². The lowest BCUT2D eigenvalue weighted by molar-refractivity contribution is -0.138. The first-order valence-corrected chi connectivity index (χ1v) is 9.99. The summed E-state index contributed by atoms with van der Waals surface area (Å²) in [6.45, 7) is 5.61. The number of amides is 1. The van der Waals surface area contributed by atoms with Gasteiger partial charge in [-0.1, -0.05) is 43.0 Å². The Morgan fingerprint density at radius 2 is 2.04 bits per heavy atom. The van der Waals surface area contributed by atoms with Gasteiger partial charge in [-0.25, -0.2) is 0 Å². The Balaban J connectivity index is 1.51. The first kappa shape index (κ1) is 19.6. The van der Waals surface area contributed by atoms with E-state index in [4.69, 9.17) is 5.11 Å². The standard InChI is InChI=1S/C19H24N4O3S/c1-13-6-8-23(9-7-13)12-15-4-2-14(3-5-15)11-20-22-19-21-18(26)16(27-19)10-17(24)25/h2-5,11,13,16H,6-10,12H2,1H3,(H,24,25)(H,21,22,26). The lowest BCUT2D eigenvalue weighted by Gasteiger charge is -2.30. The minimum atomic E-state index is -1.01. The van der Waals surface area contributed by atoms with Gasteiger partial charge in [0, 0.05) is 6.54 Å². The van der Waals surface area contributed by atoms with E-state index in [0.717, 1.165) is 42.9 Å². The van der Waals surface area contributed by atoms with E-state index in [1.807, 2.05) is 12.1 Å². The van der Waals surface area contributed by atoms with E-state index in [1.165, 1.54) is 18.4 Å². The number of nitrogens with zero attached hydrogens (tertiary/aromatic N) is 3. The minimum absolute atomic E-state index is 0.226. The second-order valence-electron chi connectivity index (χ2n) is 7.04. The van der Waals surface area contributed by atoms with Gasteiger partial charge in [-0.2, -0.15) is 5.10 Å². The maximum Gasteiger partial charge on any atom is 0.305 e. The van der Waals surface area contributed by atoms with Crippen LogP contribution < -0.4 is 5.32 Å². The summed E-state index contributed by atoms with van der Waals surface area (Å²) in [6.07, 6.45) is 3.94. The Labute approximate surface area is 162 Å². The number of benzene rings is 1. The highest BCUT2D eigenvalue weighted by Crippen LogP contribution is 2.22. The summed E-state index contributed by atoms with van der Waals surface area (Å²) in [5.41, 5.74) is 2.20. The van der Waals surface area contributed by atoms with Crippen molar-refractivity contribution in [1.82, 2.24) is 10.2 Å². The van der Waals surface area contributed by atoms with Gasteiger partial charge >= 0.3 is 5.97 Å². The predicted octanol–water partition coefficient (Wildman–Crippen LogP) is 2.31. The molecule has 0 aliphatic carbocycles. The molecule has 1 unspecified atom stereocenters. The molecule has 3 rings (SSSR count). The SMILES string of the molecule is CC1CCN(Cc2ccc(C=NN=C3NC(=O)C(CC(=O)O)S3)cc2)CC1. The minimum Gasteiger partial charge on any atom is -0.481 e. The number of carboxylic acid groups (broad SMARTS) is 1. The van der Waals surface area contributed by atoms with Crippen LogP contribution in [0.15, 0.2) is 34.5 Å². The van der Waals surface area contributed by atoms with Crippen molar-refractivity contribution in [2.24, 2.45) is 16.1 Å². The molecule has 8 heteroatoms. The number of hydrogen-bond acceptors (Lipinski definition) is 6. The highest BCUT2D eigenvalue weighted by molar-refractivity contribution is 8.15. The van der Waals surface area contributed by atoms with Gasteiger partial charge in [-0.05, 0) is 43.0 Å². The molecule has 27 heavy (non-hydrogen) atoms. The zero-order valence-electron chi connectivity index (χ0n) is 15.3. The van der Waals surface area contributed by atoms with Crippen LogP contribution in [-0.2, 0) is 16.1 Å². The van der Waals surface area contributed by atoms with Gasteiger partial charge in [0.05, 0.1) is 12.6 Å². The molecule has 0 spiro atoms. The van der Waals surface area contributed by atoms with E-state index in [0.29, 0.717) is 5.17 Å².